The summed E-state index contributed by atoms with van der Waals surface area (Å²) in [5.74, 6) is 0.163. The van der Waals surface area contributed by atoms with Gasteiger partial charge in [-0.25, -0.2) is 0 Å². The lowest BCUT2D eigenvalue weighted by molar-refractivity contribution is -0.123. The molecule has 132 valence electrons. The quantitative estimate of drug-likeness (QED) is 0.563. The van der Waals surface area contributed by atoms with Gasteiger partial charge in [0.25, 0.3) is 0 Å². The van der Waals surface area contributed by atoms with Crippen molar-refractivity contribution in [3.63, 3.8) is 0 Å². The van der Waals surface area contributed by atoms with Crippen LogP contribution in [0.15, 0.2) is 18.2 Å². The van der Waals surface area contributed by atoms with Gasteiger partial charge in [0, 0.05) is 19.1 Å². The van der Waals surface area contributed by atoms with Crippen molar-refractivity contribution in [1.29, 1.82) is 0 Å². The number of hydrogen-bond acceptors (Lipinski definition) is 5. The van der Waals surface area contributed by atoms with Crippen molar-refractivity contribution in [3.8, 4) is 11.5 Å². The van der Waals surface area contributed by atoms with E-state index in [9.17, 15) is 15.0 Å². The first-order chi connectivity index (χ1) is 10.4. The summed E-state index contributed by atoms with van der Waals surface area (Å²) in [4.78, 5) is 11.8. The highest BCUT2D eigenvalue weighted by Gasteiger charge is 2.18. The molecule has 7 heteroatoms. The fourth-order valence-corrected chi connectivity index (χ4v) is 2.06. The van der Waals surface area contributed by atoms with Crippen LogP contribution in [0, 0.1) is 11.8 Å². The van der Waals surface area contributed by atoms with Crippen molar-refractivity contribution >= 4 is 18.3 Å². The minimum absolute atomic E-state index is 0. The fraction of sp³-hybridized carbons (Fsp3) is 0.562. The van der Waals surface area contributed by atoms with Crippen molar-refractivity contribution in [2.24, 2.45) is 17.6 Å². The van der Waals surface area contributed by atoms with Crippen LogP contribution in [0.1, 0.15) is 19.4 Å². The van der Waals surface area contributed by atoms with Gasteiger partial charge in [0.1, 0.15) is 0 Å². The molecule has 1 rings (SSSR count). The van der Waals surface area contributed by atoms with Gasteiger partial charge in [-0.2, -0.15) is 0 Å². The van der Waals surface area contributed by atoms with Crippen LogP contribution >= 0.6 is 12.4 Å². The molecule has 1 aromatic carbocycles. The van der Waals surface area contributed by atoms with E-state index in [-0.39, 0.29) is 42.5 Å². The maximum atomic E-state index is 11.8. The lowest BCUT2D eigenvalue weighted by atomic mass is 9.99. The first-order valence-corrected chi connectivity index (χ1v) is 7.39. The van der Waals surface area contributed by atoms with Crippen LogP contribution in [0.5, 0.6) is 11.5 Å². The second kappa shape index (κ2) is 10.3. The number of aromatic hydroxyl groups is 1. The fourth-order valence-electron chi connectivity index (χ4n) is 2.06. The van der Waals surface area contributed by atoms with Gasteiger partial charge in [-0.1, -0.05) is 19.9 Å². The van der Waals surface area contributed by atoms with Crippen molar-refractivity contribution in [1.82, 2.24) is 5.32 Å². The molecule has 0 aliphatic carbocycles. The number of halogens is 1. The molecule has 0 saturated heterocycles. The smallest absolute Gasteiger partial charge is 0.237 e. The number of aliphatic hydroxyl groups excluding tert-OH is 1. The summed E-state index contributed by atoms with van der Waals surface area (Å²) in [5, 5.41) is 22.0. The van der Waals surface area contributed by atoms with Gasteiger partial charge < -0.3 is 26.0 Å². The van der Waals surface area contributed by atoms with Crippen LogP contribution in [0.3, 0.4) is 0 Å². The van der Waals surface area contributed by atoms with E-state index in [1.165, 1.54) is 7.11 Å². The maximum absolute atomic E-state index is 11.8. The van der Waals surface area contributed by atoms with E-state index < -0.39 is 6.04 Å². The number of ether oxygens (including phenoxy) is 1. The predicted octanol–water partition coefficient (Wildman–Crippen LogP) is 1.07. The van der Waals surface area contributed by atoms with Crippen LogP contribution in [0.4, 0.5) is 0 Å². The Morgan fingerprint density at radius 1 is 1.39 bits per heavy atom. The van der Waals surface area contributed by atoms with Gasteiger partial charge in [-0.15, -0.1) is 12.4 Å². The van der Waals surface area contributed by atoms with Crippen LogP contribution in [-0.2, 0) is 11.2 Å². The van der Waals surface area contributed by atoms with E-state index in [4.69, 9.17) is 10.5 Å². The molecule has 2 atom stereocenters. The first-order valence-electron chi connectivity index (χ1n) is 7.39. The molecule has 1 amide bonds. The molecule has 0 aliphatic rings. The lowest BCUT2D eigenvalue weighted by Crippen LogP contribution is -2.45. The number of nitrogens with two attached hydrogens (primary N) is 1. The molecule has 0 radical (unpaired) electrons. The van der Waals surface area contributed by atoms with Crippen LogP contribution in [0.2, 0.25) is 0 Å². The zero-order chi connectivity index (χ0) is 16.7. The van der Waals surface area contributed by atoms with E-state index in [0.717, 1.165) is 5.56 Å². The van der Waals surface area contributed by atoms with Gasteiger partial charge >= 0.3 is 0 Å². The third kappa shape index (κ3) is 6.64. The zero-order valence-electron chi connectivity index (χ0n) is 13.8. The monoisotopic (exact) mass is 346 g/mol. The highest BCUT2D eigenvalue weighted by Crippen LogP contribution is 2.27. The topological polar surface area (TPSA) is 105 Å². The number of phenolic OH excluding ortho intramolecular Hbond substituents is 1. The van der Waals surface area contributed by atoms with Crippen LogP contribution < -0.4 is 15.8 Å². The summed E-state index contributed by atoms with van der Waals surface area (Å²) in [6.45, 7) is 4.04. The number of methoxy groups -OCH3 is 1. The highest BCUT2D eigenvalue weighted by molar-refractivity contribution is 5.85. The Kier molecular flexibility index (Phi) is 9.64. The van der Waals surface area contributed by atoms with Gasteiger partial charge in [0.2, 0.25) is 5.91 Å². The molecule has 5 N–H and O–H groups in total. The largest absolute Gasteiger partial charge is 0.504 e. The van der Waals surface area contributed by atoms with Crippen molar-refractivity contribution < 1.29 is 19.7 Å². The zero-order valence-corrected chi connectivity index (χ0v) is 14.6. The SMILES string of the molecule is COc1ccc(CC(CO)CNC(=O)[C@@H](N)C(C)C)cc1O.Cl. The summed E-state index contributed by atoms with van der Waals surface area (Å²) in [6.07, 6.45) is 0.533. The minimum Gasteiger partial charge on any atom is -0.504 e. The predicted molar refractivity (Wildman–Crippen MR) is 92.0 cm³/mol. The third-order valence-electron chi connectivity index (χ3n) is 3.61. The lowest BCUT2D eigenvalue weighted by Gasteiger charge is -2.19. The third-order valence-corrected chi connectivity index (χ3v) is 3.61. The summed E-state index contributed by atoms with van der Waals surface area (Å²) < 4.78 is 4.99. The van der Waals surface area contributed by atoms with E-state index in [1.54, 1.807) is 12.1 Å². The number of rotatable bonds is 8. The van der Waals surface area contributed by atoms with Crippen molar-refractivity contribution in [2.45, 2.75) is 26.3 Å². The Morgan fingerprint density at radius 3 is 2.52 bits per heavy atom. The molecule has 0 fully saturated rings. The van der Waals surface area contributed by atoms with Crippen LogP contribution in [-0.4, -0.2) is 42.4 Å². The molecular formula is C16H27ClN2O4. The molecule has 0 spiro atoms. The Hall–Kier alpha value is -1.50. The number of aliphatic hydroxyl groups is 1. The normalized spacial score (nSPS) is 13.1. The Balaban J connectivity index is 0.00000484. The molecule has 0 bridgehead atoms. The number of nitrogens with one attached hydrogen (secondary N) is 1. The molecule has 0 saturated carbocycles. The number of amides is 1. The van der Waals surface area contributed by atoms with Gasteiger partial charge in [-0.3, -0.25) is 4.79 Å². The molecular weight excluding hydrogens is 320 g/mol. The molecule has 0 aliphatic heterocycles. The maximum Gasteiger partial charge on any atom is 0.237 e. The van der Waals surface area contributed by atoms with E-state index in [1.807, 2.05) is 19.9 Å². The first kappa shape index (κ1) is 21.5. The molecule has 1 unspecified atom stereocenters. The molecule has 0 aromatic heterocycles. The molecule has 1 aromatic rings. The summed E-state index contributed by atoms with van der Waals surface area (Å²) >= 11 is 0. The van der Waals surface area contributed by atoms with Gasteiger partial charge in [0.15, 0.2) is 11.5 Å². The second-order valence-electron chi connectivity index (χ2n) is 5.77. The second-order valence-corrected chi connectivity index (χ2v) is 5.77. The number of carbonyl (C=O) groups excluding carboxylic acids is 1. The molecule has 0 heterocycles. The Labute approximate surface area is 143 Å². The van der Waals surface area contributed by atoms with E-state index in [2.05, 4.69) is 5.32 Å². The number of benzene rings is 1. The summed E-state index contributed by atoms with van der Waals surface area (Å²) in [6, 6.07) is 4.54. The van der Waals surface area contributed by atoms with Crippen LogP contribution in [0.25, 0.3) is 0 Å². The van der Waals surface area contributed by atoms with Crippen molar-refractivity contribution in [3.05, 3.63) is 23.8 Å². The van der Waals surface area contributed by atoms with Gasteiger partial charge in [0.05, 0.1) is 13.2 Å². The molecule has 23 heavy (non-hydrogen) atoms. The van der Waals surface area contributed by atoms with Gasteiger partial charge in [-0.05, 0) is 30.0 Å². The standard InChI is InChI=1S/C16H26N2O4.ClH/c1-10(2)15(17)16(21)18-8-12(9-19)6-11-4-5-14(22-3)13(20)7-11;/h4-5,7,10,12,15,19-20H,6,8-9,17H2,1-3H3,(H,18,21);1H/t12?,15-;/m0./s1. The number of phenols is 1. The summed E-state index contributed by atoms with van der Waals surface area (Å²) in [7, 11) is 1.48. The highest BCUT2D eigenvalue weighted by atomic mass is 35.5. The van der Waals surface area contributed by atoms with E-state index >= 15 is 0 Å². The average molecular weight is 347 g/mol. The Morgan fingerprint density at radius 2 is 2.04 bits per heavy atom. The summed E-state index contributed by atoms with van der Waals surface area (Å²) in [5.41, 5.74) is 6.63. The Bertz CT molecular complexity index is 497. The van der Waals surface area contributed by atoms with E-state index in [0.29, 0.717) is 18.7 Å². The number of hydrogen-bond donors (Lipinski definition) is 4. The average Bonchev–Trinajstić information content (AvgIpc) is 2.50. The molecule has 6 nitrogen and oxygen atoms in total. The minimum atomic E-state index is -0.552. The number of carbonyl (C=O) groups is 1. The van der Waals surface area contributed by atoms with Crippen molar-refractivity contribution in [2.75, 3.05) is 20.3 Å².